The number of aromatic nitrogens is 3. The monoisotopic (exact) mass is 257 g/mol. The molecule has 1 unspecified atom stereocenters. The number of urea groups is 1. The van der Waals surface area contributed by atoms with Crippen LogP contribution in [0.2, 0.25) is 0 Å². The van der Waals surface area contributed by atoms with Gasteiger partial charge in [0, 0.05) is 13.6 Å². The Hall–Kier alpha value is -2.16. The third-order valence-electron chi connectivity index (χ3n) is 2.10. The van der Waals surface area contributed by atoms with E-state index in [1.54, 1.807) is 7.05 Å². The molecule has 2 amide bonds. The van der Waals surface area contributed by atoms with Gasteiger partial charge >= 0.3 is 12.0 Å². The second-order valence-corrected chi connectivity index (χ2v) is 4.08. The SMILES string of the molecule is Cn1ncnc1NC(=O)NCC(C)(O)CC(=O)O. The first-order valence-corrected chi connectivity index (χ1v) is 5.13. The molecule has 0 spiro atoms. The molecule has 0 saturated heterocycles. The van der Waals surface area contributed by atoms with Crippen LogP contribution in [0.4, 0.5) is 10.7 Å². The Bertz CT molecular complexity index is 442. The van der Waals surface area contributed by atoms with Gasteiger partial charge in [-0.05, 0) is 6.92 Å². The molecule has 0 aliphatic heterocycles. The summed E-state index contributed by atoms with van der Waals surface area (Å²) in [5, 5.41) is 26.7. The van der Waals surface area contributed by atoms with E-state index in [4.69, 9.17) is 5.11 Å². The lowest BCUT2D eigenvalue weighted by Gasteiger charge is -2.21. The molecule has 0 aliphatic rings. The van der Waals surface area contributed by atoms with Crippen LogP contribution in [0.15, 0.2) is 6.33 Å². The molecule has 4 N–H and O–H groups in total. The highest BCUT2D eigenvalue weighted by atomic mass is 16.4. The molecule has 0 saturated carbocycles. The van der Waals surface area contributed by atoms with E-state index >= 15 is 0 Å². The van der Waals surface area contributed by atoms with Gasteiger partial charge in [0.15, 0.2) is 0 Å². The van der Waals surface area contributed by atoms with E-state index in [-0.39, 0.29) is 12.5 Å². The van der Waals surface area contributed by atoms with Crippen molar-refractivity contribution in [3.63, 3.8) is 0 Å². The fourth-order valence-electron chi connectivity index (χ4n) is 1.21. The zero-order chi connectivity index (χ0) is 13.8. The van der Waals surface area contributed by atoms with Gasteiger partial charge in [0.2, 0.25) is 5.95 Å². The van der Waals surface area contributed by atoms with E-state index in [1.807, 2.05) is 0 Å². The number of rotatable bonds is 5. The number of aryl methyl sites for hydroxylation is 1. The standard InChI is InChI=1S/C9H15N5O4/c1-9(18,3-6(15)16)4-10-8(17)13-7-11-5-12-14(7)2/h5,18H,3-4H2,1-2H3,(H,15,16)(H2,10,11,12,13,17). The molecule has 1 aromatic rings. The van der Waals surface area contributed by atoms with Crippen molar-refractivity contribution >= 4 is 17.9 Å². The number of nitrogens with one attached hydrogen (secondary N) is 2. The molecule has 0 radical (unpaired) electrons. The van der Waals surface area contributed by atoms with E-state index in [9.17, 15) is 14.7 Å². The summed E-state index contributed by atoms with van der Waals surface area (Å²) < 4.78 is 1.36. The maximum atomic E-state index is 11.4. The van der Waals surface area contributed by atoms with Crippen LogP contribution in [0.3, 0.4) is 0 Å². The Kier molecular flexibility index (Phi) is 4.21. The second-order valence-electron chi connectivity index (χ2n) is 4.08. The third kappa shape index (κ3) is 4.37. The number of carboxylic acids is 1. The van der Waals surface area contributed by atoms with Gasteiger partial charge in [-0.25, -0.2) is 9.48 Å². The number of carboxylic acid groups (broad SMARTS) is 1. The van der Waals surface area contributed by atoms with Gasteiger partial charge in [-0.3, -0.25) is 10.1 Å². The minimum atomic E-state index is -1.51. The molecule has 100 valence electrons. The van der Waals surface area contributed by atoms with Crippen molar-refractivity contribution in [2.24, 2.45) is 7.05 Å². The lowest BCUT2D eigenvalue weighted by Crippen LogP contribution is -2.43. The van der Waals surface area contributed by atoms with E-state index in [1.165, 1.54) is 17.9 Å². The van der Waals surface area contributed by atoms with Crippen LogP contribution in [0.25, 0.3) is 0 Å². The van der Waals surface area contributed by atoms with Crippen LogP contribution in [-0.2, 0) is 11.8 Å². The van der Waals surface area contributed by atoms with Crippen molar-refractivity contribution in [2.45, 2.75) is 18.9 Å². The largest absolute Gasteiger partial charge is 0.481 e. The molecule has 1 heterocycles. The van der Waals surface area contributed by atoms with Crippen LogP contribution in [0.1, 0.15) is 13.3 Å². The van der Waals surface area contributed by atoms with Gasteiger partial charge in [-0.2, -0.15) is 10.1 Å². The van der Waals surface area contributed by atoms with Crippen LogP contribution in [-0.4, -0.2) is 49.1 Å². The lowest BCUT2D eigenvalue weighted by molar-refractivity contribution is -0.141. The lowest BCUT2D eigenvalue weighted by atomic mass is 10.0. The summed E-state index contributed by atoms with van der Waals surface area (Å²) in [6, 6.07) is -0.600. The predicted molar refractivity (Wildman–Crippen MR) is 60.9 cm³/mol. The minimum absolute atomic E-state index is 0.191. The Morgan fingerprint density at radius 2 is 2.22 bits per heavy atom. The van der Waals surface area contributed by atoms with Gasteiger partial charge < -0.3 is 15.5 Å². The van der Waals surface area contributed by atoms with Crippen molar-refractivity contribution in [3.8, 4) is 0 Å². The normalized spacial score (nSPS) is 13.7. The molecular formula is C9H15N5O4. The topological polar surface area (TPSA) is 129 Å². The molecule has 1 rings (SSSR count). The van der Waals surface area contributed by atoms with Crippen LogP contribution in [0.5, 0.6) is 0 Å². The molecule has 9 nitrogen and oxygen atoms in total. The van der Waals surface area contributed by atoms with Gasteiger partial charge in [-0.15, -0.1) is 0 Å². The van der Waals surface area contributed by atoms with Crippen molar-refractivity contribution in [2.75, 3.05) is 11.9 Å². The Balaban J connectivity index is 2.42. The minimum Gasteiger partial charge on any atom is -0.481 e. The molecule has 1 atom stereocenters. The summed E-state index contributed by atoms with van der Waals surface area (Å²) in [5.41, 5.74) is -1.51. The summed E-state index contributed by atoms with van der Waals surface area (Å²) >= 11 is 0. The summed E-state index contributed by atoms with van der Waals surface area (Å²) in [5.74, 6) is -0.902. The first-order chi connectivity index (χ1) is 8.30. The molecular weight excluding hydrogens is 242 g/mol. The summed E-state index contributed by atoms with van der Waals surface area (Å²) in [4.78, 5) is 25.7. The number of carbonyl (C=O) groups excluding carboxylic acids is 1. The summed E-state index contributed by atoms with van der Waals surface area (Å²) in [7, 11) is 1.60. The highest BCUT2D eigenvalue weighted by Crippen LogP contribution is 2.07. The number of hydrogen-bond donors (Lipinski definition) is 4. The average Bonchev–Trinajstić information content (AvgIpc) is 2.60. The summed E-state index contributed by atoms with van der Waals surface area (Å²) in [6.07, 6.45) is 0.813. The van der Waals surface area contributed by atoms with E-state index < -0.39 is 24.0 Å². The van der Waals surface area contributed by atoms with Crippen molar-refractivity contribution in [1.29, 1.82) is 0 Å². The van der Waals surface area contributed by atoms with Gasteiger partial charge in [0.25, 0.3) is 0 Å². The van der Waals surface area contributed by atoms with E-state index in [2.05, 4.69) is 20.7 Å². The van der Waals surface area contributed by atoms with Crippen LogP contribution >= 0.6 is 0 Å². The highest BCUT2D eigenvalue weighted by molar-refractivity contribution is 5.87. The molecule has 0 fully saturated rings. The van der Waals surface area contributed by atoms with Crippen molar-refractivity contribution in [1.82, 2.24) is 20.1 Å². The average molecular weight is 257 g/mol. The predicted octanol–water partition coefficient (Wildman–Crippen LogP) is -0.838. The quantitative estimate of drug-likeness (QED) is 0.544. The van der Waals surface area contributed by atoms with Gasteiger partial charge in [-0.1, -0.05) is 0 Å². The van der Waals surface area contributed by atoms with E-state index in [0.717, 1.165) is 0 Å². The first kappa shape index (κ1) is 13.9. The molecule has 0 aliphatic carbocycles. The smallest absolute Gasteiger partial charge is 0.321 e. The van der Waals surface area contributed by atoms with Gasteiger partial charge in [0.05, 0.1) is 12.0 Å². The fraction of sp³-hybridized carbons (Fsp3) is 0.556. The van der Waals surface area contributed by atoms with Crippen LogP contribution in [0, 0.1) is 0 Å². The number of carbonyl (C=O) groups is 2. The molecule has 1 aromatic heterocycles. The Labute approximate surface area is 103 Å². The Morgan fingerprint density at radius 3 is 2.72 bits per heavy atom. The van der Waals surface area contributed by atoms with E-state index in [0.29, 0.717) is 0 Å². The third-order valence-corrected chi connectivity index (χ3v) is 2.10. The fourth-order valence-corrected chi connectivity index (χ4v) is 1.21. The number of anilines is 1. The maximum absolute atomic E-state index is 11.4. The van der Waals surface area contributed by atoms with Crippen molar-refractivity contribution < 1.29 is 19.8 Å². The summed E-state index contributed by atoms with van der Waals surface area (Å²) in [6.45, 7) is 1.13. The second kappa shape index (κ2) is 5.45. The van der Waals surface area contributed by atoms with Crippen molar-refractivity contribution in [3.05, 3.63) is 6.33 Å². The maximum Gasteiger partial charge on any atom is 0.321 e. The number of aliphatic hydroxyl groups is 1. The number of nitrogens with zero attached hydrogens (tertiary/aromatic N) is 3. The first-order valence-electron chi connectivity index (χ1n) is 5.13. The molecule has 0 bridgehead atoms. The highest BCUT2D eigenvalue weighted by Gasteiger charge is 2.24. The zero-order valence-electron chi connectivity index (χ0n) is 10.0. The zero-order valence-corrected chi connectivity index (χ0v) is 10.0. The molecule has 18 heavy (non-hydrogen) atoms. The number of amides is 2. The van der Waals surface area contributed by atoms with Crippen LogP contribution < -0.4 is 10.6 Å². The number of hydrogen-bond acceptors (Lipinski definition) is 5. The molecule has 9 heteroatoms. The number of aliphatic carboxylic acids is 1. The Morgan fingerprint density at radius 1 is 1.56 bits per heavy atom. The van der Waals surface area contributed by atoms with Gasteiger partial charge in [0.1, 0.15) is 6.33 Å². The molecule has 0 aromatic carbocycles.